The van der Waals surface area contributed by atoms with E-state index in [4.69, 9.17) is 11.6 Å². The first-order valence-corrected chi connectivity index (χ1v) is 13.1. The molecule has 1 saturated carbocycles. The van der Waals surface area contributed by atoms with E-state index in [1.807, 2.05) is 19.5 Å². The monoisotopic (exact) mass is 544 g/mol. The molecule has 2 aromatic carbocycles. The summed E-state index contributed by atoms with van der Waals surface area (Å²) in [5.41, 5.74) is 0.571. The summed E-state index contributed by atoms with van der Waals surface area (Å²) in [7, 11) is 3.89. The number of alkyl halides is 3. The highest BCUT2D eigenvalue weighted by molar-refractivity contribution is 8.00. The van der Waals surface area contributed by atoms with Crippen LogP contribution in [-0.4, -0.2) is 36.1 Å². The molecule has 0 saturated heterocycles. The Kier molecular flexibility index (Phi) is 8.15. The molecule has 2 N–H and O–H groups in total. The molecule has 0 radical (unpaired) electrons. The normalized spacial score (nSPS) is 20.7. The predicted molar refractivity (Wildman–Crippen MR) is 136 cm³/mol. The molecule has 0 aliphatic heterocycles. The Morgan fingerprint density at radius 1 is 1.17 bits per heavy atom. The zero-order valence-electron chi connectivity index (χ0n) is 19.1. The average molecular weight is 545 g/mol. The number of halogens is 5. The summed E-state index contributed by atoms with van der Waals surface area (Å²) in [5.74, 6) is -0.407. The van der Waals surface area contributed by atoms with Crippen LogP contribution in [-0.2, 0) is 6.18 Å². The van der Waals surface area contributed by atoms with Gasteiger partial charge >= 0.3 is 6.18 Å². The van der Waals surface area contributed by atoms with Crippen molar-refractivity contribution < 1.29 is 17.6 Å². The van der Waals surface area contributed by atoms with Gasteiger partial charge in [-0.15, -0.1) is 11.3 Å². The molecular formula is C24H25ClF4N4S2. The van der Waals surface area contributed by atoms with Gasteiger partial charge in [0, 0.05) is 23.7 Å². The summed E-state index contributed by atoms with van der Waals surface area (Å²) in [6.07, 6.45) is -0.597. The van der Waals surface area contributed by atoms with Gasteiger partial charge in [0.05, 0.1) is 21.2 Å². The molecule has 0 bridgehead atoms. The minimum atomic E-state index is -4.36. The number of aromatic nitrogens is 1. The Balaban J connectivity index is 1.46. The zero-order valence-corrected chi connectivity index (χ0v) is 21.5. The quantitative estimate of drug-likeness (QED) is 0.235. The van der Waals surface area contributed by atoms with E-state index in [1.165, 1.54) is 29.5 Å². The summed E-state index contributed by atoms with van der Waals surface area (Å²) in [4.78, 5) is 6.52. The molecule has 4 rings (SSSR count). The van der Waals surface area contributed by atoms with Gasteiger partial charge in [-0.1, -0.05) is 29.8 Å². The molecule has 35 heavy (non-hydrogen) atoms. The Morgan fingerprint density at radius 3 is 2.66 bits per heavy atom. The third kappa shape index (κ3) is 6.41. The van der Waals surface area contributed by atoms with Crippen LogP contribution in [0.25, 0.3) is 0 Å². The third-order valence-electron chi connectivity index (χ3n) is 6.21. The fraction of sp³-hybridized carbons (Fsp3) is 0.375. The summed E-state index contributed by atoms with van der Waals surface area (Å²) in [6, 6.07) is 8.56. The Hall–Kier alpha value is -2.01. The molecule has 3 aromatic rings. The number of hydrogen-bond acceptors (Lipinski definition) is 6. The number of anilines is 2. The van der Waals surface area contributed by atoms with E-state index in [0.717, 1.165) is 24.4 Å². The zero-order chi connectivity index (χ0) is 25.2. The van der Waals surface area contributed by atoms with Crippen molar-refractivity contribution in [2.24, 2.45) is 0 Å². The van der Waals surface area contributed by atoms with Crippen molar-refractivity contribution in [3.63, 3.8) is 0 Å². The maximum absolute atomic E-state index is 14.8. The molecule has 1 heterocycles. The van der Waals surface area contributed by atoms with Crippen molar-refractivity contribution in [2.45, 2.75) is 48.3 Å². The van der Waals surface area contributed by atoms with Gasteiger partial charge in [-0.05, 0) is 75.0 Å². The lowest BCUT2D eigenvalue weighted by atomic mass is 9.78. The number of hydrogen-bond donors (Lipinski definition) is 2. The van der Waals surface area contributed by atoms with Gasteiger partial charge in [-0.2, -0.15) is 13.2 Å². The van der Waals surface area contributed by atoms with E-state index in [9.17, 15) is 17.6 Å². The fourth-order valence-corrected chi connectivity index (χ4v) is 6.00. The molecule has 1 aliphatic rings. The number of rotatable bonds is 7. The summed E-state index contributed by atoms with van der Waals surface area (Å²) >= 11 is 9.00. The summed E-state index contributed by atoms with van der Waals surface area (Å²) in [5, 5.41) is 6.28. The molecule has 188 valence electrons. The minimum Gasteiger partial charge on any atom is -0.379 e. The smallest absolute Gasteiger partial charge is 0.379 e. The van der Waals surface area contributed by atoms with Gasteiger partial charge in [0.2, 0.25) is 0 Å². The summed E-state index contributed by atoms with van der Waals surface area (Å²) in [6.45, 7) is 0. The molecule has 1 aliphatic carbocycles. The van der Waals surface area contributed by atoms with Crippen molar-refractivity contribution in [3.8, 4) is 0 Å². The molecule has 3 atom stereocenters. The molecule has 1 fully saturated rings. The topological polar surface area (TPSA) is 40.2 Å². The maximum atomic E-state index is 14.8. The highest BCUT2D eigenvalue weighted by atomic mass is 35.5. The van der Waals surface area contributed by atoms with Crippen molar-refractivity contribution >= 4 is 45.7 Å². The van der Waals surface area contributed by atoms with Crippen LogP contribution < -0.4 is 10.0 Å². The van der Waals surface area contributed by atoms with E-state index < -0.39 is 17.6 Å². The van der Waals surface area contributed by atoms with Crippen LogP contribution in [0.15, 0.2) is 52.9 Å². The Morgan fingerprint density at radius 2 is 1.97 bits per heavy atom. The summed E-state index contributed by atoms with van der Waals surface area (Å²) < 4.78 is 57.4. The van der Waals surface area contributed by atoms with E-state index in [1.54, 1.807) is 18.3 Å². The van der Waals surface area contributed by atoms with Gasteiger partial charge in [0.1, 0.15) is 5.82 Å². The standard InChI is InChI=1S/C24H25ClF4N4S2/c1-33(2)21-11-15(14-4-3-5-16(10-14)24(27,28)29)6-7-19(21)31-20-13-18(26)22(12-17(20)25)35-32-23-30-8-9-34-23/h3-5,8-10,12-13,15,19,21,31H,6-7,11H2,1-2H3,(H,30,32)/t15-,19+,21?/m1/s1. The van der Waals surface area contributed by atoms with E-state index in [2.05, 4.69) is 19.9 Å². The lowest BCUT2D eigenvalue weighted by Gasteiger charge is -2.41. The molecular weight excluding hydrogens is 520 g/mol. The van der Waals surface area contributed by atoms with Crippen LogP contribution in [0.4, 0.5) is 28.4 Å². The van der Waals surface area contributed by atoms with E-state index in [0.29, 0.717) is 39.1 Å². The second kappa shape index (κ2) is 10.9. The fourth-order valence-electron chi connectivity index (χ4n) is 4.45. The number of nitrogens with zero attached hydrogens (tertiary/aromatic N) is 2. The highest BCUT2D eigenvalue weighted by Crippen LogP contribution is 2.40. The van der Waals surface area contributed by atoms with Crippen molar-refractivity contribution in [3.05, 3.63) is 69.9 Å². The average Bonchev–Trinajstić information content (AvgIpc) is 3.33. The van der Waals surface area contributed by atoms with Crippen LogP contribution >= 0.6 is 34.9 Å². The Bertz CT molecular complexity index is 1140. The van der Waals surface area contributed by atoms with Crippen molar-refractivity contribution in [1.82, 2.24) is 9.88 Å². The molecule has 0 spiro atoms. The van der Waals surface area contributed by atoms with E-state index >= 15 is 0 Å². The van der Waals surface area contributed by atoms with Crippen LogP contribution in [0.5, 0.6) is 0 Å². The van der Waals surface area contributed by atoms with Crippen LogP contribution in [0, 0.1) is 5.82 Å². The lowest BCUT2D eigenvalue weighted by molar-refractivity contribution is -0.137. The molecule has 4 nitrogen and oxygen atoms in total. The van der Waals surface area contributed by atoms with Crippen LogP contribution in [0.2, 0.25) is 5.02 Å². The predicted octanol–water partition coefficient (Wildman–Crippen LogP) is 7.75. The number of thiazole rings is 1. The first-order valence-electron chi connectivity index (χ1n) is 11.0. The molecule has 1 aromatic heterocycles. The largest absolute Gasteiger partial charge is 0.416 e. The number of benzene rings is 2. The maximum Gasteiger partial charge on any atom is 0.416 e. The van der Waals surface area contributed by atoms with Gasteiger partial charge in [-0.3, -0.25) is 0 Å². The first kappa shape index (κ1) is 26.1. The molecule has 11 heteroatoms. The third-order valence-corrected chi connectivity index (χ3v) is 8.17. The van der Waals surface area contributed by atoms with Crippen LogP contribution in [0.1, 0.15) is 36.3 Å². The second-order valence-corrected chi connectivity index (χ2v) is 10.9. The van der Waals surface area contributed by atoms with E-state index in [-0.39, 0.29) is 18.0 Å². The molecule has 1 unspecified atom stereocenters. The van der Waals surface area contributed by atoms with Crippen LogP contribution in [0.3, 0.4) is 0 Å². The SMILES string of the molecule is CN(C)C1C[C@H](c2cccc(C(F)(F)F)c2)CC[C@@H]1Nc1cc(F)c(SNc2nccs2)cc1Cl. The van der Waals surface area contributed by atoms with Gasteiger partial charge in [0.25, 0.3) is 0 Å². The highest BCUT2D eigenvalue weighted by Gasteiger charge is 2.35. The van der Waals surface area contributed by atoms with Gasteiger partial charge in [0.15, 0.2) is 5.13 Å². The lowest BCUT2D eigenvalue weighted by Crippen LogP contribution is -2.47. The first-order chi connectivity index (χ1) is 16.6. The Labute approximate surface area is 215 Å². The van der Waals surface area contributed by atoms with Crippen molar-refractivity contribution in [2.75, 3.05) is 24.1 Å². The molecule has 0 amide bonds. The minimum absolute atomic E-state index is 0.00525. The number of likely N-dealkylation sites (N-methyl/N-ethyl adjacent to an activating group) is 1. The van der Waals surface area contributed by atoms with Gasteiger partial charge < -0.3 is 14.9 Å². The van der Waals surface area contributed by atoms with Gasteiger partial charge in [-0.25, -0.2) is 9.37 Å². The van der Waals surface area contributed by atoms with Crippen molar-refractivity contribution in [1.29, 1.82) is 0 Å². The number of nitrogens with one attached hydrogen (secondary N) is 2. The second-order valence-electron chi connectivity index (χ2n) is 8.72.